The van der Waals surface area contributed by atoms with Crippen molar-refractivity contribution in [2.24, 2.45) is 0 Å². The first-order valence-corrected chi connectivity index (χ1v) is 6.16. The van der Waals surface area contributed by atoms with Gasteiger partial charge in [-0.25, -0.2) is 4.98 Å². The average Bonchev–Trinajstić information content (AvgIpc) is 2.66. The highest BCUT2D eigenvalue weighted by molar-refractivity contribution is 7.09. The molecule has 1 aromatic heterocycles. The van der Waals surface area contributed by atoms with Crippen molar-refractivity contribution in [3.8, 4) is 0 Å². The van der Waals surface area contributed by atoms with Crippen LogP contribution in [0.4, 0.5) is 0 Å². The molecule has 1 aliphatic rings. The maximum absolute atomic E-state index is 11.3. The Labute approximate surface area is 98.1 Å². The lowest BCUT2D eigenvalue weighted by Crippen LogP contribution is -2.47. The number of thiazole rings is 1. The lowest BCUT2D eigenvalue weighted by atomic mass is 10.1. The van der Waals surface area contributed by atoms with Crippen LogP contribution in [-0.2, 0) is 4.79 Å². The number of nitrogens with one attached hydrogen (secondary N) is 1. The van der Waals surface area contributed by atoms with Crippen LogP contribution in [0.15, 0.2) is 5.38 Å². The number of hydrogen-bond donors (Lipinski definition) is 2. The standard InChI is InChI=1S/C10H15N3O2S/c1-7-12-8(6-16-7)9(10(14)15)13-4-2-11-3-5-13/h6,9,11H,2-5H2,1H3,(H,14,15). The van der Waals surface area contributed by atoms with Crippen molar-refractivity contribution in [2.75, 3.05) is 26.2 Å². The fourth-order valence-corrected chi connectivity index (χ4v) is 2.55. The molecule has 0 bridgehead atoms. The summed E-state index contributed by atoms with van der Waals surface area (Å²) in [5.41, 5.74) is 0.664. The van der Waals surface area contributed by atoms with E-state index in [0.29, 0.717) is 5.69 Å². The van der Waals surface area contributed by atoms with E-state index in [0.717, 1.165) is 31.2 Å². The zero-order valence-electron chi connectivity index (χ0n) is 9.14. The molecule has 16 heavy (non-hydrogen) atoms. The summed E-state index contributed by atoms with van der Waals surface area (Å²) in [5.74, 6) is -0.813. The van der Waals surface area contributed by atoms with Crippen molar-refractivity contribution < 1.29 is 9.90 Å². The first-order valence-electron chi connectivity index (χ1n) is 5.28. The predicted molar refractivity (Wildman–Crippen MR) is 61.7 cm³/mol. The van der Waals surface area contributed by atoms with E-state index < -0.39 is 12.0 Å². The van der Waals surface area contributed by atoms with E-state index in [4.69, 9.17) is 0 Å². The SMILES string of the molecule is Cc1nc(C(C(=O)O)N2CCNCC2)cs1. The highest BCUT2D eigenvalue weighted by atomic mass is 32.1. The van der Waals surface area contributed by atoms with E-state index in [9.17, 15) is 9.90 Å². The monoisotopic (exact) mass is 241 g/mol. The molecule has 6 heteroatoms. The molecule has 1 saturated heterocycles. The number of piperazine rings is 1. The highest BCUT2D eigenvalue weighted by Gasteiger charge is 2.30. The summed E-state index contributed by atoms with van der Waals surface area (Å²) in [6, 6.07) is -0.591. The number of hydrogen-bond acceptors (Lipinski definition) is 5. The molecule has 0 saturated carbocycles. The molecular weight excluding hydrogens is 226 g/mol. The Morgan fingerprint density at radius 3 is 2.81 bits per heavy atom. The topological polar surface area (TPSA) is 65.5 Å². The largest absolute Gasteiger partial charge is 0.480 e. The van der Waals surface area contributed by atoms with Crippen LogP contribution < -0.4 is 5.32 Å². The molecule has 88 valence electrons. The van der Waals surface area contributed by atoms with Crippen molar-refractivity contribution in [1.82, 2.24) is 15.2 Å². The molecule has 0 aromatic carbocycles. The second-order valence-electron chi connectivity index (χ2n) is 3.82. The van der Waals surface area contributed by atoms with E-state index in [1.54, 1.807) is 0 Å². The number of carboxylic acids is 1. The van der Waals surface area contributed by atoms with Gasteiger partial charge in [0, 0.05) is 31.6 Å². The number of carbonyl (C=O) groups is 1. The molecule has 0 aliphatic carbocycles. The third-order valence-corrected chi connectivity index (χ3v) is 3.46. The number of nitrogens with zero attached hydrogens (tertiary/aromatic N) is 2. The van der Waals surface area contributed by atoms with Crippen molar-refractivity contribution in [3.05, 3.63) is 16.1 Å². The van der Waals surface area contributed by atoms with Crippen molar-refractivity contribution >= 4 is 17.3 Å². The molecule has 2 rings (SSSR count). The maximum Gasteiger partial charge on any atom is 0.327 e. The molecule has 1 atom stereocenters. The van der Waals surface area contributed by atoms with E-state index in [2.05, 4.69) is 10.3 Å². The van der Waals surface area contributed by atoms with Gasteiger partial charge >= 0.3 is 5.97 Å². The fourth-order valence-electron chi connectivity index (χ4n) is 1.92. The molecular formula is C10H15N3O2S. The van der Waals surface area contributed by atoms with Crippen molar-refractivity contribution in [1.29, 1.82) is 0 Å². The normalized spacial score (nSPS) is 19.6. The van der Waals surface area contributed by atoms with Gasteiger partial charge in [0.2, 0.25) is 0 Å². The minimum Gasteiger partial charge on any atom is -0.480 e. The Morgan fingerprint density at radius 1 is 1.62 bits per heavy atom. The fraction of sp³-hybridized carbons (Fsp3) is 0.600. The summed E-state index contributed by atoms with van der Waals surface area (Å²) >= 11 is 1.50. The van der Waals surface area contributed by atoms with Crippen LogP contribution in [0.2, 0.25) is 0 Å². The first kappa shape index (κ1) is 11.5. The number of carboxylic acid groups (broad SMARTS) is 1. The second-order valence-corrected chi connectivity index (χ2v) is 4.88. The average molecular weight is 241 g/mol. The van der Waals surface area contributed by atoms with Crippen LogP contribution in [0.1, 0.15) is 16.7 Å². The van der Waals surface area contributed by atoms with Crippen LogP contribution in [0, 0.1) is 6.92 Å². The number of aryl methyl sites for hydroxylation is 1. The van der Waals surface area contributed by atoms with Gasteiger partial charge in [0.25, 0.3) is 0 Å². The van der Waals surface area contributed by atoms with Gasteiger partial charge in [-0.1, -0.05) is 0 Å². The lowest BCUT2D eigenvalue weighted by molar-refractivity contribution is -0.144. The summed E-state index contributed by atoms with van der Waals surface area (Å²) in [7, 11) is 0. The van der Waals surface area contributed by atoms with E-state index in [-0.39, 0.29) is 0 Å². The summed E-state index contributed by atoms with van der Waals surface area (Å²) in [4.78, 5) is 17.6. The molecule has 1 unspecified atom stereocenters. The Morgan fingerprint density at radius 2 is 2.31 bits per heavy atom. The Balaban J connectivity index is 2.19. The zero-order chi connectivity index (χ0) is 11.5. The third-order valence-electron chi connectivity index (χ3n) is 2.67. The lowest BCUT2D eigenvalue weighted by Gasteiger charge is -2.31. The number of aromatic nitrogens is 1. The Kier molecular flexibility index (Phi) is 3.52. The number of rotatable bonds is 3. The van der Waals surface area contributed by atoms with Gasteiger partial charge in [-0.3, -0.25) is 9.69 Å². The van der Waals surface area contributed by atoms with Gasteiger partial charge in [-0.15, -0.1) is 11.3 Å². The number of aliphatic carboxylic acids is 1. The zero-order valence-corrected chi connectivity index (χ0v) is 9.96. The molecule has 0 radical (unpaired) electrons. The van der Waals surface area contributed by atoms with Crippen LogP contribution >= 0.6 is 11.3 Å². The summed E-state index contributed by atoms with van der Waals surface area (Å²) in [5, 5.41) is 15.3. The molecule has 1 aliphatic heterocycles. The quantitative estimate of drug-likeness (QED) is 0.806. The van der Waals surface area contributed by atoms with Crippen LogP contribution in [0.3, 0.4) is 0 Å². The summed E-state index contributed by atoms with van der Waals surface area (Å²) in [6.07, 6.45) is 0. The third kappa shape index (κ3) is 2.40. The Bertz CT molecular complexity index is 374. The van der Waals surface area contributed by atoms with Crippen LogP contribution in [0.5, 0.6) is 0 Å². The van der Waals surface area contributed by atoms with Crippen molar-refractivity contribution in [3.63, 3.8) is 0 Å². The molecule has 1 fully saturated rings. The molecule has 2 heterocycles. The Hall–Kier alpha value is -0.980. The van der Waals surface area contributed by atoms with Gasteiger partial charge in [0.1, 0.15) is 0 Å². The van der Waals surface area contributed by atoms with Crippen LogP contribution in [0.25, 0.3) is 0 Å². The maximum atomic E-state index is 11.3. The molecule has 5 nitrogen and oxygen atoms in total. The van der Waals surface area contributed by atoms with Gasteiger partial charge < -0.3 is 10.4 Å². The molecule has 0 amide bonds. The van der Waals surface area contributed by atoms with Crippen LogP contribution in [-0.4, -0.2) is 47.1 Å². The molecule has 0 spiro atoms. The minimum atomic E-state index is -0.813. The molecule has 1 aromatic rings. The predicted octanol–water partition coefficient (Wildman–Crippen LogP) is 0.482. The van der Waals surface area contributed by atoms with Gasteiger partial charge in [0.05, 0.1) is 10.7 Å². The molecule has 2 N–H and O–H groups in total. The smallest absolute Gasteiger partial charge is 0.327 e. The summed E-state index contributed by atoms with van der Waals surface area (Å²) in [6.45, 7) is 5.09. The van der Waals surface area contributed by atoms with E-state index in [1.807, 2.05) is 17.2 Å². The highest BCUT2D eigenvalue weighted by Crippen LogP contribution is 2.22. The minimum absolute atomic E-state index is 0.591. The van der Waals surface area contributed by atoms with Crippen molar-refractivity contribution in [2.45, 2.75) is 13.0 Å². The van der Waals surface area contributed by atoms with Gasteiger partial charge in [-0.05, 0) is 6.92 Å². The second kappa shape index (κ2) is 4.90. The first-order chi connectivity index (χ1) is 7.68. The summed E-state index contributed by atoms with van der Waals surface area (Å²) < 4.78 is 0. The van der Waals surface area contributed by atoms with E-state index in [1.165, 1.54) is 11.3 Å². The van der Waals surface area contributed by atoms with Gasteiger partial charge in [0.15, 0.2) is 6.04 Å². The van der Waals surface area contributed by atoms with Gasteiger partial charge in [-0.2, -0.15) is 0 Å². The van der Waals surface area contributed by atoms with E-state index >= 15 is 0 Å².